The van der Waals surface area contributed by atoms with E-state index in [1.54, 1.807) is 38.1 Å². The predicted molar refractivity (Wildman–Crippen MR) is 103 cm³/mol. The Hall–Kier alpha value is -2.64. The van der Waals surface area contributed by atoms with Gasteiger partial charge in [0.05, 0.1) is 10.6 Å². The van der Waals surface area contributed by atoms with Crippen LogP contribution in [0.3, 0.4) is 0 Å². The number of hydrogen-bond donors (Lipinski definition) is 2. The van der Waals surface area contributed by atoms with Gasteiger partial charge in [0.1, 0.15) is 4.88 Å². The molecule has 1 aromatic heterocycles. The molecule has 0 unspecified atom stereocenters. The van der Waals surface area contributed by atoms with E-state index in [0.29, 0.717) is 16.0 Å². The molecule has 0 saturated carbocycles. The summed E-state index contributed by atoms with van der Waals surface area (Å²) in [6.07, 6.45) is 0. The average Bonchev–Trinajstić information content (AvgIpc) is 2.98. The highest BCUT2D eigenvalue weighted by Crippen LogP contribution is 2.36. The second-order valence-corrected chi connectivity index (χ2v) is 8.52. The number of aromatic carboxylic acids is 1. The van der Waals surface area contributed by atoms with Crippen LogP contribution in [0.1, 0.15) is 20.8 Å². The summed E-state index contributed by atoms with van der Waals surface area (Å²) < 4.78 is 28.2. The van der Waals surface area contributed by atoms with E-state index in [4.69, 9.17) is 0 Å². The number of hydrogen-bond acceptors (Lipinski definition) is 4. The van der Waals surface area contributed by atoms with Crippen molar-refractivity contribution in [3.05, 3.63) is 70.6 Å². The molecule has 3 aromatic rings. The highest BCUT2D eigenvalue weighted by molar-refractivity contribution is 7.92. The van der Waals surface area contributed by atoms with Crippen LogP contribution < -0.4 is 4.72 Å². The molecule has 0 aliphatic carbocycles. The maximum atomic E-state index is 12.9. The lowest BCUT2D eigenvalue weighted by Crippen LogP contribution is -2.16. The SMILES string of the molecule is Cc1cccc(C)c1S(=O)(=O)Nc1cc(-c2ccccc2)sc1C(=O)O. The monoisotopic (exact) mass is 387 g/mol. The lowest BCUT2D eigenvalue weighted by Gasteiger charge is -2.12. The van der Waals surface area contributed by atoms with E-state index in [9.17, 15) is 18.3 Å². The van der Waals surface area contributed by atoms with Gasteiger partial charge in [0, 0.05) is 4.88 Å². The second-order valence-electron chi connectivity index (χ2n) is 5.85. The van der Waals surface area contributed by atoms with Crippen LogP contribution in [0, 0.1) is 13.8 Å². The Balaban J connectivity index is 2.07. The van der Waals surface area contributed by atoms with Gasteiger partial charge in [-0.25, -0.2) is 13.2 Å². The summed E-state index contributed by atoms with van der Waals surface area (Å²) in [5.74, 6) is -1.17. The number of sulfonamides is 1. The van der Waals surface area contributed by atoms with Gasteiger partial charge in [-0.05, 0) is 36.6 Å². The number of rotatable bonds is 5. The molecule has 0 saturated heterocycles. The lowest BCUT2D eigenvalue weighted by molar-refractivity contribution is 0.0703. The molecule has 3 rings (SSSR count). The van der Waals surface area contributed by atoms with Crippen LogP contribution >= 0.6 is 11.3 Å². The van der Waals surface area contributed by atoms with Gasteiger partial charge in [-0.3, -0.25) is 4.72 Å². The quantitative estimate of drug-likeness (QED) is 0.674. The summed E-state index contributed by atoms with van der Waals surface area (Å²) in [6.45, 7) is 3.42. The Morgan fingerprint density at radius 2 is 1.62 bits per heavy atom. The average molecular weight is 387 g/mol. The van der Waals surface area contributed by atoms with E-state index >= 15 is 0 Å². The first-order valence-corrected chi connectivity index (χ1v) is 10.1. The zero-order valence-corrected chi connectivity index (χ0v) is 15.8. The first-order valence-electron chi connectivity index (χ1n) is 7.81. The van der Waals surface area contributed by atoms with Gasteiger partial charge in [-0.2, -0.15) is 0 Å². The normalized spacial score (nSPS) is 11.3. The fourth-order valence-electron chi connectivity index (χ4n) is 2.79. The number of thiophene rings is 1. The number of carbonyl (C=O) groups is 1. The third kappa shape index (κ3) is 3.49. The van der Waals surface area contributed by atoms with Crippen molar-refractivity contribution >= 4 is 33.0 Å². The molecule has 26 heavy (non-hydrogen) atoms. The minimum atomic E-state index is -3.91. The van der Waals surface area contributed by atoms with Gasteiger partial charge in [0.15, 0.2) is 0 Å². The molecule has 2 N–H and O–H groups in total. The molecular formula is C19H17NO4S2. The summed E-state index contributed by atoms with van der Waals surface area (Å²) in [5.41, 5.74) is 2.11. The smallest absolute Gasteiger partial charge is 0.348 e. The molecule has 0 aliphatic heterocycles. The predicted octanol–water partition coefficient (Wildman–Crippen LogP) is 4.53. The van der Waals surface area contributed by atoms with Crippen molar-refractivity contribution in [3.8, 4) is 10.4 Å². The zero-order chi connectivity index (χ0) is 18.9. The topological polar surface area (TPSA) is 83.5 Å². The molecule has 0 amide bonds. The lowest BCUT2D eigenvalue weighted by atomic mass is 10.2. The summed E-state index contributed by atoms with van der Waals surface area (Å²) >= 11 is 1.04. The Morgan fingerprint density at radius 1 is 1.00 bits per heavy atom. The molecule has 0 bridgehead atoms. The van der Waals surface area contributed by atoms with Gasteiger partial charge in [0.2, 0.25) is 0 Å². The van der Waals surface area contributed by atoms with E-state index < -0.39 is 16.0 Å². The van der Waals surface area contributed by atoms with Gasteiger partial charge in [0.25, 0.3) is 10.0 Å². The molecule has 0 radical (unpaired) electrons. The van der Waals surface area contributed by atoms with Crippen molar-refractivity contribution in [3.63, 3.8) is 0 Å². The Kier molecular flexibility index (Phi) is 4.84. The van der Waals surface area contributed by atoms with Gasteiger partial charge in [-0.15, -0.1) is 11.3 Å². The van der Waals surface area contributed by atoms with Crippen LogP contribution in [-0.4, -0.2) is 19.5 Å². The molecular weight excluding hydrogens is 370 g/mol. The summed E-state index contributed by atoms with van der Waals surface area (Å²) in [7, 11) is -3.91. The van der Waals surface area contributed by atoms with Gasteiger partial charge in [-0.1, -0.05) is 48.5 Å². The molecule has 7 heteroatoms. The third-order valence-electron chi connectivity index (χ3n) is 3.91. The summed E-state index contributed by atoms with van der Waals surface area (Å²) in [6, 6.07) is 16.0. The van der Waals surface area contributed by atoms with Crippen LogP contribution in [-0.2, 0) is 10.0 Å². The molecule has 5 nitrogen and oxygen atoms in total. The van der Waals surface area contributed by atoms with Crippen molar-refractivity contribution in [1.29, 1.82) is 0 Å². The maximum Gasteiger partial charge on any atom is 0.348 e. The Morgan fingerprint density at radius 3 is 2.19 bits per heavy atom. The van der Waals surface area contributed by atoms with Crippen molar-refractivity contribution in [2.24, 2.45) is 0 Å². The number of benzene rings is 2. The van der Waals surface area contributed by atoms with Gasteiger partial charge < -0.3 is 5.11 Å². The van der Waals surface area contributed by atoms with E-state index in [-0.39, 0.29) is 15.5 Å². The largest absolute Gasteiger partial charge is 0.477 e. The zero-order valence-electron chi connectivity index (χ0n) is 14.2. The minimum absolute atomic E-state index is 0.0429. The fraction of sp³-hybridized carbons (Fsp3) is 0.105. The molecule has 1 heterocycles. The van der Waals surface area contributed by atoms with E-state index in [0.717, 1.165) is 16.9 Å². The van der Waals surface area contributed by atoms with Crippen LogP contribution in [0.5, 0.6) is 0 Å². The Labute approximate surface area is 156 Å². The molecule has 0 spiro atoms. The molecule has 0 aliphatic rings. The highest BCUT2D eigenvalue weighted by Gasteiger charge is 2.24. The van der Waals surface area contributed by atoms with E-state index in [1.807, 2.05) is 30.3 Å². The first-order chi connectivity index (χ1) is 12.3. The number of carboxylic acid groups (broad SMARTS) is 1. The maximum absolute atomic E-state index is 12.9. The number of aryl methyl sites for hydroxylation is 2. The standard InChI is InChI=1S/C19H17NO4S2/c1-12-7-6-8-13(2)18(12)26(23,24)20-15-11-16(25-17(15)19(21)22)14-9-4-3-5-10-14/h3-11,20H,1-2H3,(H,21,22). The summed E-state index contributed by atoms with van der Waals surface area (Å²) in [4.78, 5) is 12.4. The molecule has 2 aromatic carbocycles. The highest BCUT2D eigenvalue weighted by atomic mass is 32.2. The van der Waals surface area contributed by atoms with Crippen molar-refractivity contribution in [2.45, 2.75) is 18.7 Å². The molecule has 0 atom stereocenters. The second kappa shape index (κ2) is 6.93. The van der Waals surface area contributed by atoms with Crippen molar-refractivity contribution in [2.75, 3.05) is 4.72 Å². The van der Waals surface area contributed by atoms with Crippen LogP contribution in [0.25, 0.3) is 10.4 Å². The van der Waals surface area contributed by atoms with Crippen molar-refractivity contribution < 1.29 is 18.3 Å². The molecule has 0 fully saturated rings. The van der Waals surface area contributed by atoms with Crippen LogP contribution in [0.2, 0.25) is 0 Å². The number of carboxylic acids is 1. The minimum Gasteiger partial charge on any atom is -0.477 e. The van der Waals surface area contributed by atoms with E-state index in [1.165, 1.54) is 0 Å². The van der Waals surface area contributed by atoms with E-state index in [2.05, 4.69) is 4.72 Å². The van der Waals surface area contributed by atoms with Crippen LogP contribution in [0.15, 0.2) is 59.5 Å². The van der Waals surface area contributed by atoms with Crippen LogP contribution in [0.4, 0.5) is 5.69 Å². The summed E-state index contributed by atoms with van der Waals surface area (Å²) in [5, 5.41) is 9.48. The fourth-order valence-corrected chi connectivity index (χ4v) is 5.35. The Bertz CT molecular complexity index is 1050. The first kappa shape index (κ1) is 18.2. The number of nitrogens with one attached hydrogen (secondary N) is 1. The van der Waals surface area contributed by atoms with Gasteiger partial charge >= 0.3 is 5.97 Å². The molecule has 134 valence electrons. The van der Waals surface area contributed by atoms with Crippen molar-refractivity contribution in [1.82, 2.24) is 0 Å². The third-order valence-corrected chi connectivity index (χ3v) is 6.75. The number of anilines is 1.